The molecule has 10 heteroatoms. The minimum absolute atomic E-state index is 0.0367. The van der Waals surface area contributed by atoms with Crippen LogP contribution in [0.3, 0.4) is 0 Å². The highest BCUT2D eigenvalue weighted by Gasteiger charge is 2.21. The number of amides is 3. The van der Waals surface area contributed by atoms with Crippen LogP contribution in [0.15, 0.2) is 0 Å². The van der Waals surface area contributed by atoms with Crippen molar-refractivity contribution >= 4 is 30.2 Å². The minimum Gasteiger partial charge on any atom is -0.481 e. The van der Waals surface area contributed by atoms with Crippen molar-refractivity contribution in [3.8, 4) is 0 Å². The highest BCUT2D eigenvalue weighted by atomic mass is 16.4. The smallest absolute Gasteiger partial charge is 0.326 e. The van der Waals surface area contributed by atoms with Crippen molar-refractivity contribution in [3.05, 3.63) is 0 Å². The third-order valence-electron chi connectivity index (χ3n) is 3.75. The van der Waals surface area contributed by atoms with Crippen LogP contribution in [0.4, 0.5) is 4.79 Å². The maximum absolute atomic E-state index is 11.8. The zero-order chi connectivity index (χ0) is 20.7. The Bertz CT molecular complexity index is 511. The molecule has 0 aromatic rings. The molecule has 0 bridgehead atoms. The number of hydrogen-bond acceptors (Lipinski definition) is 5. The van der Waals surface area contributed by atoms with Gasteiger partial charge in [-0.15, -0.1) is 0 Å². The number of carboxylic acids is 2. The van der Waals surface area contributed by atoms with Crippen LogP contribution in [0.25, 0.3) is 0 Å². The van der Waals surface area contributed by atoms with Gasteiger partial charge in [-0.3, -0.25) is 9.59 Å². The lowest BCUT2D eigenvalue weighted by atomic mass is 10.1. The van der Waals surface area contributed by atoms with E-state index in [1.54, 1.807) is 0 Å². The molecular weight excluding hydrogens is 358 g/mol. The Morgan fingerprint density at radius 3 is 2.22 bits per heavy atom. The van der Waals surface area contributed by atoms with E-state index in [1.165, 1.54) is 0 Å². The van der Waals surface area contributed by atoms with Gasteiger partial charge >= 0.3 is 18.0 Å². The molecule has 0 aliphatic carbocycles. The molecule has 2 atom stereocenters. The Hall–Kier alpha value is -2.65. The van der Waals surface area contributed by atoms with Gasteiger partial charge in [0.05, 0.1) is 6.04 Å². The number of aldehydes is 1. The maximum atomic E-state index is 11.8. The van der Waals surface area contributed by atoms with Crippen molar-refractivity contribution < 1.29 is 34.2 Å². The van der Waals surface area contributed by atoms with Gasteiger partial charge < -0.3 is 31.0 Å². The molecule has 0 fully saturated rings. The molecule has 0 saturated carbocycles. The van der Waals surface area contributed by atoms with Crippen LogP contribution >= 0.6 is 0 Å². The SMILES string of the molecule is CCCCC(=O)NCCCCC(NC(=O)NC(C=O)CCC(=O)O)C(=O)O. The zero-order valence-electron chi connectivity index (χ0n) is 15.5. The van der Waals surface area contributed by atoms with Crippen molar-refractivity contribution in [2.45, 2.75) is 70.4 Å². The van der Waals surface area contributed by atoms with E-state index >= 15 is 0 Å². The van der Waals surface area contributed by atoms with E-state index in [-0.39, 0.29) is 25.2 Å². The molecule has 5 N–H and O–H groups in total. The normalized spacial score (nSPS) is 12.5. The summed E-state index contributed by atoms with van der Waals surface area (Å²) in [5.41, 5.74) is 0. The van der Waals surface area contributed by atoms with Crippen LogP contribution in [-0.2, 0) is 19.2 Å². The number of nitrogens with one attached hydrogen (secondary N) is 3. The highest BCUT2D eigenvalue weighted by Crippen LogP contribution is 2.02. The first-order chi connectivity index (χ1) is 12.8. The summed E-state index contributed by atoms with van der Waals surface area (Å²) in [5.74, 6) is -2.36. The summed E-state index contributed by atoms with van der Waals surface area (Å²) in [4.78, 5) is 55.8. The topological polar surface area (TPSA) is 162 Å². The molecule has 3 amide bonds. The molecule has 0 aliphatic rings. The molecule has 0 spiro atoms. The second kappa shape index (κ2) is 14.5. The molecule has 0 aromatic carbocycles. The second-order valence-electron chi connectivity index (χ2n) is 6.13. The number of hydrogen-bond donors (Lipinski definition) is 5. The maximum Gasteiger partial charge on any atom is 0.326 e. The lowest BCUT2D eigenvalue weighted by Gasteiger charge is -2.17. The summed E-state index contributed by atoms with van der Waals surface area (Å²) < 4.78 is 0. The Morgan fingerprint density at radius 1 is 0.963 bits per heavy atom. The number of carboxylic acid groups (broad SMARTS) is 2. The summed E-state index contributed by atoms with van der Waals surface area (Å²) in [7, 11) is 0. The minimum atomic E-state index is -1.22. The van der Waals surface area contributed by atoms with E-state index in [2.05, 4.69) is 16.0 Å². The Balaban J connectivity index is 4.19. The lowest BCUT2D eigenvalue weighted by molar-refractivity contribution is -0.139. The summed E-state index contributed by atoms with van der Waals surface area (Å²) >= 11 is 0. The Morgan fingerprint density at radius 2 is 1.67 bits per heavy atom. The van der Waals surface area contributed by atoms with Gasteiger partial charge in [0.1, 0.15) is 12.3 Å². The van der Waals surface area contributed by atoms with Gasteiger partial charge in [0.2, 0.25) is 5.91 Å². The Labute approximate surface area is 158 Å². The number of urea groups is 1. The van der Waals surface area contributed by atoms with Crippen molar-refractivity contribution in [1.82, 2.24) is 16.0 Å². The molecule has 10 nitrogen and oxygen atoms in total. The van der Waals surface area contributed by atoms with Gasteiger partial charge in [-0.1, -0.05) is 13.3 Å². The van der Waals surface area contributed by atoms with Crippen LogP contribution in [0.2, 0.25) is 0 Å². The van der Waals surface area contributed by atoms with E-state index < -0.39 is 30.1 Å². The van der Waals surface area contributed by atoms with Crippen molar-refractivity contribution in [1.29, 1.82) is 0 Å². The van der Waals surface area contributed by atoms with Crippen LogP contribution in [0.5, 0.6) is 0 Å². The molecule has 0 aliphatic heterocycles. The van der Waals surface area contributed by atoms with Crippen molar-refractivity contribution in [2.24, 2.45) is 0 Å². The molecule has 0 radical (unpaired) electrons. The summed E-state index contributed by atoms with van der Waals surface area (Å²) in [6.07, 6.45) is 3.45. The number of rotatable bonds is 15. The first kappa shape index (κ1) is 24.4. The van der Waals surface area contributed by atoms with Crippen molar-refractivity contribution in [2.75, 3.05) is 6.54 Å². The third kappa shape index (κ3) is 13.2. The van der Waals surface area contributed by atoms with Gasteiger partial charge in [-0.2, -0.15) is 0 Å². The van der Waals surface area contributed by atoms with Gasteiger partial charge in [0.25, 0.3) is 0 Å². The molecule has 2 unspecified atom stereocenters. The van der Waals surface area contributed by atoms with Crippen molar-refractivity contribution in [3.63, 3.8) is 0 Å². The molecule has 0 heterocycles. The quantitative estimate of drug-likeness (QED) is 0.203. The third-order valence-corrected chi connectivity index (χ3v) is 3.75. The molecule has 0 rings (SSSR count). The van der Waals surface area contributed by atoms with Gasteiger partial charge in [-0.05, 0) is 32.1 Å². The molecule has 0 aromatic heterocycles. The fraction of sp³-hybridized carbons (Fsp3) is 0.706. The number of aliphatic carboxylic acids is 2. The number of unbranched alkanes of at least 4 members (excludes halogenated alkanes) is 2. The summed E-state index contributed by atoms with van der Waals surface area (Å²) in [5, 5.41) is 25.0. The van der Waals surface area contributed by atoms with Crippen LogP contribution in [0, 0.1) is 0 Å². The second-order valence-corrected chi connectivity index (χ2v) is 6.13. The van der Waals surface area contributed by atoms with Crippen LogP contribution in [0.1, 0.15) is 58.3 Å². The Kier molecular flexibility index (Phi) is 13.1. The van der Waals surface area contributed by atoms with Crippen LogP contribution in [-0.4, -0.2) is 59.0 Å². The van der Waals surface area contributed by atoms with E-state index in [4.69, 9.17) is 5.11 Å². The first-order valence-corrected chi connectivity index (χ1v) is 9.03. The van der Waals surface area contributed by atoms with Gasteiger partial charge in [-0.25, -0.2) is 9.59 Å². The summed E-state index contributed by atoms with van der Waals surface area (Å²) in [6.45, 7) is 2.43. The van der Waals surface area contributed by atoms with Gasteiger partial charge in [0, 0.05) is 19.4 Å². The fourth-order valence-corrected chi connectivity index (χ4v) is 2.21. The van der Waals surface area contributed by atoms with Crippen LogP contribution < -0.4 is 16.0 Å². The summed E-state index contributed by atoms with van der Waals surface area (Å²) in [6, 6.07) is -3.00. The molecule has 0 saturated heterocycles. The van der Waals surface area contributed by atoms with E-state index in [0.29, 0.717) is 32.1 Å². The first-order valence-electron chi connectivity index (χ1n) is 9.03. The zero-order valence-corrected chi connectivity index (χ0v) is 15.5. The van der Waals surface area contributed by atoms with Gasteiger partial charge in [0.15, 0.2) is 0 Å². The lowest BCUT2D eigenvalue weighted by Crippen LogP contribution is -2.49. The predicted molar refractivity (Wildman–Crippen MR) is 96.2 cm³/mol. The average molecular weight is 387 g/mol. The molecular formula is C17H29N3O7. The number of carbonyl (C=O) groups excluding carboxylic acids is 3. The molecule has 27 heavy (non-hydrogen) atoms. The van der Waals surface area contributed by atoms with E-state index in [0.717, 1.165) is 12.8 Å². The molecule has 154 valence electrons. The van der Waals surface area contributed by atoms with E-state index in [1.807, 2.05) is 6.92 Å². The largest absolute Gasteiger partial charge is 0.481 e. The standard InChI is InChI=1S/C17H29N3O7/c1-2-3-7-14(22)18-10-5-4-6-13(16(25)26)20-17(27)19-12(11-21)8-9-15(23)24/h11-13H,2-10H2,1H3,(H,18,22)(H,23,24)(H,25,26)(H2,19,20,27). The average Bonchev–Trinajstić information content (AvgIpc) is 2.61. The predicted octanol–water partition coefficient (Wildman–Crippen LogP) is 0.648. The van der Waals surface area contributed by atoms with E-state index in [9.17, 15) is 29.1 Å². The monoisotopic (exact) mass is 387 g/mol. The highest BCUT2D eigenvalue weighted by molar-refractivity contribution is 5.84. The fourth-order valence-electron chi connectivity index (χ4n) is 2.21. The number of carbonyl (C=O) groups is 5.